The van der Waals surface area contributed by atoms with Crippen LogP contribution in [0.25, 0.3) is 0 Å². The Hall–Kier alpha value is -1.33. The van der Waals surface area contributed by atoms with E-state index in [9.17, 15) is 9.90 Å². The largest absolute Gasteiger partial charge is 0.459 e. The van der Waals surface area contributed by atoms with Gasteiger partial charge in [-0.3, -0.25) is 4.79 Å². The molecule has 0 radical (unpaired) electrons. The van der Waals surface area contributed by atoms with Crippen molar-refractivity contribution >= 4 is 5.91 Å². The van der Waals surface area contributed by atoms with Crippen LogP contribution >= 0.6 is 0 Å². The molecule has 1 saturated heterocycles. The summed E-state index contributed by atoms with van der Waals surface area (Å²) in [4.78, 5) is 14.0. The van der Waals surface area contributed by atoms with E-state index in [1.807, 2.05) is 6.92 Å². The number of aliphatic hydroxyl groups excluding tert-OH is 1. The Morgan fingerprint density at radius 1 is 1.55 bits per heavy atom. The van der Waals surface area contributed by atoms with Gasteiger partial charge in [0.2, 0.25) is 0 Å². The number of piperidine rings is 1. The molecule has 20 heavy (non-hydrogen) atoms. The van der Waals surface area contributed by atoms with Gasteiger partial charge in [-0.2, -0.15) is 0 Å². The molecule has 110 valence electrons. The summed E-state index contributed by atoms with van der Waals surface area (Å²) in [5, 5.41) is 10.1. The first-order valence-corrected chi connectivity index (χ1v) is 7.30. The SMILES string of the molecule is CCO[C@@H]1C[C@H](O)C12CCN(C(=O)c1ccco1)CC2. The Morgan fingerprint density at radius 3 is 2.85 bits per heavy atom. The van der Waals surface area contributed by atoms with Crippen molar-refractivity contribution in [1.82, 2.24) is 4.90 Å². The normalized spacial score (nSPS) is 28.4. The average molecular weight is 279 g/mol. The second-order valence-electron chi connectivity index (χ2n) is 5.70. The van der Waals surface area contributed by atoms with Gasteiger partial charge in [-0.1, -0.05) is 0 Å². The number of likely N-dealkylation sites (tertiary alicyclic amines) is 1. The molecule has 0 unspecified atom stereocenters. The van der Waals surface area contributed by atoms with E-state index < -0.39 is 0 Å². The van der Waals surface area contributed by atoms with Gasteiger partial charge in [0.05, 0.1) is 18.5 Å². The van der Waals surface area contributed by atoms with Gasteiger partial charge in [-0.05, 0) is 31.9 Å². The minimum Gasteiger partial charge on any atom is -0.459 e. The number of nitrogens with zero attached hydrogens (tertiary/aromatic N) is 1. The van der Waals surface area contributed by atoms with Crippen molar-refractivity contribution in [3.8, 4) is 0 Å². The summed E-state index contributed by atoms with van der Waals surface area (Å²) >= 11 is 0. The Labute approximate surface area is 118 Å². The molecular weight excluding hydrogens is 258 g/mol. The minimum atomic E-state index is -0.292. The van der Waals surface area contributed by atoms with E-state index in [-0.39, 0.29) is 23.5 Å². The Balaban J connectivity index is 1.63. The zero-order valence-corrected chi connectivity index (χ0v) is 11.7. The first-order valence-electron chi connectivity index (χ1n) is 7.30. The molecule has 2 aliphatic rings. The van der Waals surface area contributed by atoms with E-state index in [0.29, 0.717) is 25.5 Å². The monoisotopic (exact) mass is 279 g/mol. The summed E-state index contributed by atoms with van der Waals surface area (Å²) in [6, 6.07) is 3.41. The van der Waals surface area contributed by atoms with Crippen LogP contribution in [0.5, 0.6) is 0 Å². The van der Waals surface area contributed by atoms with Gasteiger partial charge in [0, 0.05) is 31.5 Å². The maximum absolute atomic E-state index is 12.2. The van der Waals surface area contributed by atoms with Crippen LogP contribution in [-0.2, 0) is 4.74 Å². The lowest BCUT2D eigenvalue weighted by Gasteiger charge is -2.56. The molecule has 2 atom stereocenters. The van der Waals surface area contributed by atoms with Crippen LogP contribution in [0.4, 0.5) is 0 Å². The van der Waals surface area contributed by atoms with Crippen LogP contribution in [0.15, 0.2) is 22.8 Å². The molecule has 5 nitrogen and oxygen atoms in total. The summed E-state index contributed by atoms with van der Waals surface area (Å²) in [6.07, 6.45) is 3.68. The molecule has 1 amide bonds. The molecule has 1 saturated carbocycles. The highest BCUT2D eigenvalue weighted by Crippen LogP contribution is 2.51. The number of aliphatic hydroxyl groups is 1. The first kappa shape index (κ1) is 13.6. The van der Waals surface area contributed by atoms with Crippen LogP contribution < -0.4 is 0 Å². The lowest BCUT2D eigenvalue weighted by molar-refractivity contribution is -0.207. The quantitative estimate of drug-likeness (QED) is 0.914. The van der Waals surface area contributed by atoms with Crippen molar-refractivity contribution in [3.05, 3.63) is 24.2 Å². The van der Waals surface area contributed by atoms with Gasteiger partial charge in [-0.25, -0.2) is 0 Å². The van der Waals surface area contributed by atoms with Crippen molar-refractivity contribution < 1.29 is 19.1 Å². The van der Waals surface area contributed by atoms with E-state index in [2.05, 4.69) is 0 Å². The number of furan rings is 1. The standard InChI is InChI=1S/C15H21NO4/c1-2-19-13-10-12(17)15(13)5-7-16(8-6-15)14(18)11-4-3-9-20-11/h3-4,9,12-13,17H,2,5-8,10H2,1H3/t12-,13+/m0/s1. The van der Waals surface area contributed by atoms with E-state index in [1.54, 1.807) is 17.0 Å². The van der Waals surface area contributed by atoms with Crippen molar-refractivity contribution in [2.45, 2.75) is 38.4 Å². The summed E-state index contributed by atoms with van der Waals surface area (Å²) in [7, 11) is 0. The molecule has 1 aromatic rings. The zero-order valence-electron chi connectivity index (χ0n) is 11.7. The highest BCUT2D eigenvalue weighted by Gasteiger charge is 2.56. The Kier molecular flexibility index (Phi) is 3.56. The second kappa shape index (κ2) is 5.22. The molecule has 1 N–H and O–H groups in total. The molecule has 0 aromatic carbocycles. The third kappa shape index (κ3) is 2.05. The third-order valence-electron chi connectivity index (χ3n) is 4.82. The first-order chi connectivity index (χ1) is 9.67. The van der Waals surface area contributed by atoms with E-state index in [4.69, 9.17) is 9.15 Å². The molecule has 3 rings (SSSR count). The van der Waals surface area contributed by atoms with Gasteiger partial charge >= 0.3 is 0 Å². The molecule has 1 aromatic heterocycles. The average Bonchev–Trinajstić information content (AvgIpc) is 3.01. The smallest absolute Gasteiger partial charge is 0.289 e. The Morgan fingerprint density at radius 2 is 2.30 bits per heavy atom. The van der Waals surface area contributed by atoms with Gasteiger partial charge in [-0.15, -0.1) is 0 Å². The van der Waals surface area contributed by atoms with Crippen molar-refractivity contribution in [3.63, 3.8) is 0 Å². The fraction of sp³-hybridized carbons (Fsp3) is 0.667. The number of hydrogen-bond acceptors (Lipinski definition) is 4. The number of hydrogen-bond donors (Lipinski definition) is 1. The lowest BCUT2D eigenvalue weighted by atomic mass is 9.58. The molecule has 1 spiro atoms. The molecule has 1 aliphatic carbocycles. The number of ether oxygens (including phenoxy) is 1. The van der Waals surface area contributed by atoms with Crippen LogP contribution in [0.1, 0.15) is 36.7 Å². The summed E-state index contributed by atoms with van der Waals surface area (Å²) in [6.45, 7) is 3.96. The van der Waals surface area contributed by atoms with E-state index in [1.165, 1.54) is 6.26 Å². The highest BCUT2D eigenvalue weighted by molar-refractivity contribution is 5.91. The summed E-state index contributed by atoms with van der Waals surface area (Å²) in [5.74, 6) is 0.322. The maximum atomic E-state index is 12.2. The van der Waals surface area contributed by atoms with Crippen LogP contribution in [0.2, 0.25) is 0 Å². The molecule has 0 bridgehead atoms. The lowest BCUT2D eigenvalue weighted by Crippen LogP contribution is -2.62. The zero-order chi connectivity index (χ0) is 14.2. The van der Waals surface area contributed by atoms with E-state index >= 15 is 0 Å². The summed E-state index contributed by atoms with van der Waals surface area (Å²) in [5.41, 5.74) is -0.143. The van der Waals surface area contributed by atoms with Gasteiger partial charge < -0.3 is 19.2 Å². The molecule has 1 aliphatic heterocycles. The Bertz CT molecular complexity index is 460. The second-order valence-corrected chi connectivity index (χ2v) is 5.70. The van der Waals surface area contributed by atoms with Gasteiger partial charge in [0.15, 0.2) is 5.76 Å². The van der Waals surface area contributed by atoms with Crippen molar-refractivity contribution in [1.29, 1.82) is 0 Å². The van der Waals surface area contributed by atoms with Gasteiger partial charge in [0.25, 0.3) is 5.91 Å². The summed E-state index contributed by atoms with van der Waals surface area (Å²) < 4.78 is 10.9. The highest BCUT2D eigenvalue weighted by atomic mass is 16.5. The molecule has 2 heterocycles. The predicted molar refractivity (Wildman–Crippen MR) is 72.3 cm³/mol. The molecule has 5 heteroatoms. The third-order valence-corrected chi connectivity index (χ3v) is 4.82. The maximum Gasteiger partial charge on any atom is 0.289 e. The number of rotatable bonds is 3. The van der Waals surface area contributed by atoms with Gasteiger partial charge in [0.1, 0.15) is 0 Å². The molecular formula is C15H21NO4. The molecule has 2 fully saturated rings. The number of amides is 1. The minimum absolute atomic E-state index is 0.0633. The fourth-order valence-corrected chi connectivity index (χ4v) is 3.50. The van der Waals surface area contributed by atoms with Crippen LogP contribution in [-0.4, -0.2) is 47.8 Å². The topological polar surface area (TPSA) is 62.9 Å². The number of carbonyl (C=O) groups excluding carboxylic acids is 1. The van der Waals surface area contributed by atoms with Crippen LogP contribution in [0.3, 0.4) is 0 Å². The fourth-order valence-electron chi connectivity index (χ4n) is 3.50. The predicted octanol–water partition coefficient (Wildman–Crippen LogP) is 1.67. The number of carbonyl (C=O) groups is 1. The van der Waals surface area contributed by atoms with Crippen LogP contribution in [0, 0.1) is 5.41 Å². The van der Waals surface area contributed by atoms with E-state index in [0.717, 1.165) is 19.3 Å². The van der Waals surface area contributed by atoms with Crippen molar-refractivity contribution in [2.24, 2.45) is 5.41 Å². The van der Waals surface area contributed by atoms with Crippen molar-refractivity contribution in [2.75, 3.05) is 19.7 Å².